The van der Waals surface area contributed by atoms with Gasteiger partial charge >= 0.3 is 12.0 Å². The van der Waals surface area contributed by atoms with Gasteiger partial charge in [-0.2, -0.15) is 0 Å². The molecule has 1 aliphatic rings. The highest BCUT2D eigenvalue weighted by molar-refractivity contribution is 5.94. The Morgan fingerprint density at radius 1 is 1.29 bits per heavy atom. The fraction of sp³-hybridized carbons (Fsp3) is 0.467. The Labute approximate surface area is 123 Å². The monoisotopic (exact) mass is 292 g/mol. The maximum Gasteiger partial charge on any atom is 0.328 e. The van der Waals surface area contributed by atoms with Crippen molar-refractivity contribution >= 4 is 17.7 Å². The number of carboxylic acids is 1. The van der Waals surface area contributed by atoms with Gasteiger partial charge in [0.05, 0.1) is 13.2 Å². The van der Waals surface area contributed by atoms with Gasteiger partial charge in [0.15, 0.2) is 6.04 Å². The van der Waals surface area contributed by atoms with Crippen LogP contribution in [0.15, 0.2) is 18.2 Å². The van der Waals surface area contributed by atoms with Gasteiger partial charge in [-0.3, -0.25) is 4.90 Å². The fourth-order valence-corrected chi connectivity index (χ4v) is 2.48. The molecule has 1 atom stereocenters. The molecule has 0 radical (unpaired) electrons. The van der Waals surface area contributed by atoms with E-state index in [1.807, 2.05) is 32.0 Å². The van der Waals surface area contributed by atoms with E-state index in [0.717, 1.165) is 16.8 Å². The first-order valence-corrected chi connectivity index (χ1v) is 6.83. The molecule has 1 aliphatic heterocycles. The highest BCUT2D eigenvalue weighted by Gasteiger charge is 2.34. The number of urea groups is 1. The van der Waals surface area contributed by atoms with Gasteiger partial charge in [0.2, 0.25) is 0 Å². The maximum absolute atomic E-state index is 12.6. The van der Waals surface area contributed by atoms with Crippen molar-refractivity contribution in [2.24, 2.45) is 0 Å². The van der Waals surface area contributed by atoms with Crippen LogP contribution in [0.5, 0.6) is 0 Å². The summed E-state index contributed by atoms with van der Waals surface area (Å²) < 4.78 is 5.15. The molecule has 0 aliphatic carbocycles. The average Bonchev–Trinajstić information content (AvgIpc) is 2.44. The minimum atomic E-state index is -1.04. The van der Waals surface area contributed by atoms with E-state index in [2.05, 4.69) is 0 Å². The molecule has 1 heterocycles. The molecule has 2 amide bonds. The van der Waals surface area contributed by atoms with Gasteiger partial charge in [-0.1, -0.05) is 6.07 Å². The van der Waals surface area contributed by atoms with Crippen LogP contribution in [0.1, 0.15) is 11.1 Å². The summed E-state index contributed by atoms with van der Waals surface area (Å²) in [6.45, 7) is 4.59. The summed E-state index contributed by atoms with van der Waals surface area (Å²) in [6, 6.07) is 4.58. The van der Waals surface area contributed by atoms with Gasteiger partial charge in [0, 0.05) is 19.3 Å². The van der Waals surface area contributed by atoms with E-state index in [4.69, 9.17) is 4.74 Å². The zero-order valence-electron chi connectivity index (χ0n) is 12.5. The number of carbonyl (C=O) groups is 2. The predicted octanol–water partition coefficient (Wildman–Crippen LogP) is 1.65. The Balaban J connectivity index is 2.23. The van der Waals surface area contributed by atoms with Gasteiger partial charge in [0.25, 0.3) is 0 Å². The standard InChI is InChI=1S/C15H20N2O4/c1-10-6-11(2)8-12(7-10)16(3)15(20)17-4-5-21-9-13(17)14(18)19/h6-8,13H,4-5,9H2,1-3H3,(H,18,19). The van der Waals surface area contributed by atoms with Gasteiger partial charge in [-0.15, -0.1) is 0 Å². The van der Waals surface area contributed by atoms with Crippen molar-refractivity contribution in [2.75, 3.05) is 31.7 Å². The molecule has 1 fully saturated rings. The van der Waals surface area contributed by atoms with Crippen molar-refractivity contribution in [3.8, 4) is 0 Å². The molecular weight excluding hydrogens is 272 g/mol. The third-order valence-electron chi connectivity index (χ3n) is 3.54. The van der Waals surface area contributed by atoms with Crippen molar-refractivity contribution in [3.63, 3.8) is 0 Å². The largest absolute Gasteiger partial charge is 0.480 e. The molecule has 1 unspecified atom stereocenters. The normalized spacial score (nSPS) is 18.4. The number of aryl methyl sites for hydroxylation is 2. The molecule has 6 nitrogen and oxygen atoms in total. The Bertz CT molecular complexity index is 538. The summed E-state index contributed by atoms with van der Waals surface area (Å²) in [4.78, 5) is 26.7. The van der Waals surface area contributed by atoms with Crippen LogP contribution in [0.25, 0.3) is 0 Å². The number of hydrogen-bond donors (Lipinski definition) is 1. The molecule has 0 bridgehead atoms. The summed E-state index contributed by atoms with van der Waals surface area (Å²) in [5.41, 5.74) is 2.87. The molecule has 6 heteroatoms. The summed E-state index contributed by atoms with van der Waals surface area (Å²) >= 11 is 0. The van der Waals surface area contributed by atoms with Crippen molar-refractivity contribution in [2.45, 2.75) is 19.9 Å². The van der Waals surface area contributed by atoms with Crippen LogP contribution in [0.3, 0.4) is 0 Å². The number of carboxylic acid groups (broad SMARTS) is 1. The van der Waals surface area contributed by atoms with Crippen LogP contribution in [0, 0.1) is 13.8 Å². The van der Waals surface area contributed by atoms with Gasteiger partial charge in [0.1, 0.15) is 0 Å². The number of aliphatic carboxylic acids is 1. The van der Waals surface area contributed by atoms with Crippen LogP contribution in [0.4, 0.5) is 10.5 Å². The highest BCUT2D eigenvalue weighted by atomic mass is 16.5. The number of rotatable bonds is 2. The smallest absolute Gasteiger partial charge is 0.328 e. The summed E-state index contributed by atoms with van der Waals surface area (Å²) in [7, 11) is 1.66. The second kappa shape index (κ2) is 6.13. The zero-order valence-corrected chi connectivity index (χ0v) is 12.5. The minimum absolute atomic E-state index is 0.0295. The van der Waals surface area contributed by atoms with Crippen molar-refractivity contribution in [1.82, 2.24) is 4.90 Å². The Kier molecular flexibility index (Phi) is 4.47. The van der Waals surface area contributed by atoms with E-state index in [-0.39, 0.29) is 19.2 Å². The number of amides is 2. The van der Waals surface area contributed by atoms with Crippen LogP contribution in [-0.4, -0.2) is 54.9 Å². The molecular formula is C15H20N2O4. The van der Waals surface area contributed by atoms with E-state index < -0.39 is 12.0 Å². The molecule has 2 rings (SSSR count). The van der Waals surface area contributed by atoms with E-state index in [1.54, 1.807) is 7.05 Å². The molecule has 0 saturated carbocycles. The summed E-state index contributed by atoms with van der Waals surface area (Å²) in [5.74, 6) is -1.04. The molecule has 1 saturated heterocycles. The first-order chi connectivity index (χ1) is 9.90. The number of hydrogen-bond acceptors (Lipinski definition) is 3. The third-order valence-corrected chi connectivity index (χ3v) is 3.54. The number of ether oxygens (including phenoxy) is 1. The van der Waals surface area contributed by atoms with E-state index in [0.29, 0.717) is 6.61 Å². The number of carbonyl (C=O) groups excluding carboxylic acids is 1. The number of benzene rings is 1. The first kappa shape index (κ1) is 15.3. The number of nitrogens with zero attached hydrogens (tertiary/aromatic N) is 2. The summed E-state index contributed by atoms with van der Waals surface area (Å²) in [5, 5.41) is 9.21. The minimum Gasteiger partial charge on any atom is -0.480 e. The molecule has 0 spiro atoms. The fourth-order valence-electron chi connectivity index (χ4n) is 2.48. The van der Waals surface area contributed by atoms with Crippen molar-refractivity contribution in [3.05, 3.63) is 29.3 Å². The number of anilines is 1. The highest BCUT2D eigenvalue weighted by Crippen LogP contribution is 2.20. The lowest BCUT2D eigenvalue weighted by Gasteiger charge is -2.35. The predicted molar refractivity (Wildman–Crippen MR) is 78.7 cm³/mol. The van der Waals surface area contributed by atoms with Gasteiger partial charge < -0.3 is 14.7 Å². The lowest BCUT2D eigenvalue weighted by atomic mass is 10.1. The Hall–Kier alpha value is -2.08. The van der Waals surface area contributed by atoms with E-state index in [9.17, 15) is 14.7 Å². The second-order valence-electron chi connectivity index (χ2n) is 5.31. The molecule has 1 N–H and O–H groups in total. The molecule has 0 aromatic heterocycles. The van der Waals surface area contributed by atoms with Gasteiger partial charge in [-0.05, 0) is 37.1 Å². The average molecular weight is 292 g/mol. The molecule has 1 aromatic rings. The molecule has 1 aromatic carbocycles. The van der Waals surface area contributed by atoms with E-state index >= 15 is 0 Å². The van der Waals surface area contributed by atoms with E-state index in [1.165, 1.54) is 9.80 Å². The lowest BCUT2D eigenvalue weighted by molar-refractivity contribution is -0.147. The Morgan fingerprint density at radius 3 is 2.48 bits per heavy atom. The first-order valence-electron chi connectivity index (χ1n) is 6.83. The Morgan fingerprint density at radius 2 is 1.90 bits per heavy atom. The van der Waals surface area contributed by atoms with Crippen molar-refractivity contribution in [1.29, 1.82) is 0 Å². The topological polar surface area (TPSA) is 70.1 Å². The second-order valence-corrected chi connectivity index (χ2v) is 5.31. The van der Waals surface area contributed by atoms with Crippen LogP contribution < -0.4 is 4.90 Å². The maximum atomic E-state index is 12.6. The van der Waals surface area contributed by atoms with Gasteiger partial charge in [-0.25, -0.2) is 9.59 Å². The lowest BCUT2D eigenvalue weighted by Crippen LogP contribution is -2.56. The SMILES string of the molecule is Cc1cc(C)cc(N(C)C(=O)N2CCOCC2C(=O)O)c1. The molecule has 21 heavy (non-hydrogen) atoms. The van der Waals surface area contributed by atoms with Crippen molar-refractivity contribution < 1.29 is 19.4 Å². The van der Waals surface area contributed by atoms with Crippen LogP contribution in [0.2, 0.25) is 0 Å². The third kappa shape index (κ3) is 3.33. The molecule has 114 valence electrons. The quantitative estimate of drug-likeness (QED) is 0.899. The van der Waals surface area contributed by atoms with Crippen LogP contribution >= 0.6 is 0 Å². The number of morpholine rings is 1. The zero-order chi connectivity index (χ0) is 15.6. The van der Waals surface area contributed by atoms with Crippen LogP contribution in [-0.2, 0) is 9.53 Å². The summed E-state index contributed by atoms with van der Waals surface area (Å²) in [6.07, 6.45) is 0.